The molecule has 2 aromatic carbocycles. The zero-order valence-corrected chi connectivity index (χ0v) is 12.6. The minimum Gasteiger partial charge on any atom is -0.489 e. The van der Waals surface area contributed by atoms with E-state index in [0.29, 0.717) is 6.61 Å². The molecule has 0 saturated carbocycles. The van der Waals surface area contributed by atoms with Gasteiger partial charge in [-0.1, -0.05) is 36.4 Å². The van der Waals surface area contributed by atoms with Gasteiger partial charge in [0.25, 0.3) is 0 Å². The van der Waals surface area contributed by atoms with Gasteiger partial charge in [-0.2, -0.15) is 0 Å². The van der Waals surface area contributed by atoms with Crippen molar-refractivity contribution in [1.82, 2.24) is 5.32 Å². The predicted octanol–water partition coefficient (Wildman–Crippen LogP) is 3.64. The van der Waals surface area contributed by atoms with Gasteiger partial charge in [0.1, 0.15) is 12.4 Å². The van der Waals surface area contributed by atoms with Gasteiger partial charge in [0, 0.05) is 0 Å². The second-order valence-corrected chi connectivity index (χ2v) is 5.18. The van der Waals surface area contributed by atoms with Crippen LogP contribution in [0.2, 0.25) is 0 Å². The van der Waals surface area contributed by atoms with Crippen LogP contribution >= 0.6 is 0 Å². The van der Waals surface area contributed by atoms with Crippen molar-refractivity contribution in [2.45, 2.75) is 26.9 Å². The molecule has 20 heavy (non-hydrogen) atoms. The van der Waals surface area contributed by atoms with Crippen LogP contribution in [0.3, 0.4) is 0 Å². The zero-order chi connectivity index (χ0) is 14.4. The van der Waals surface area contributed by atoms with Crippen LogP contribution in [0.4, 0.5) is 0 Å². The highest BCUT2D eigenvalue weighted by molar-refractivity contribution is 5.36. The molecule has 2 nitrogen and oxygen atoms in total. The monoisotopic (exact) mass is 269 g/mol. The molecule has 0 heterocycles. The lowest BCUT2D eigenvalue weighted by Crippen LogP contribution is -2.12. The fourth-order valence-corrected chi connectivity index (χ4v) is 2.22. The molecule has 0 bridgehead atoms. The van der Waals surface area contributed by atoms with E-state index in [1.807, 2.05) is 7.05 Å². The number of hydrogen-bond donors (Lipinski definition) is 1. The molecular weight excluding hydrogens is 246 g/mol. The van der Waals surface area contributed by atoms with Gasteiger partial charge in [-0.05, 0) is 62.2 Å². The Balaban J connectivity index is 2.08. The summed E-state index contributed by atoms with van der Waals surface area (Å²) >= 11 is 0. The van der Waals surface area contributed by atoms with E-state index in [-0.39, 0.29) is 0 Å². The molecule has 0 saturated heterocycles. The third kappa shape index (κ3) is 3.84. The van der Waals surface area contributed by atoms with E-state index in [1.54, 1.807) is 0 Å². The zero-order valence-electron chi connectivity index (χ0n) is 12.6. The summed E-state index contributed by atoms with van der Waals surface area (Å²) in [6.07, 6.45) is 1.03. The van der Waals surface area contributed by atoms with Crippen molar-refractivity contribution in [3.63, 3.8) is 0 Å². The van der Waals surface area contributed by atoms with E-state index in [1.165, 1.54) is 22.3 Å². The highest BCUT2D eigenvalue weighted by Gasteiger charge is 2.04. The summed E-state index contributed by atoms with van der Waals surface area (Å²) in [4.78, 5) is 0. The SMILES string of the molecule is CNCCc1ccccc1COc1cc(C)ccc1C. The van der Waals surface area contributed by atoms with Crippen molar-refractivity contribution in [1.29, 1.82) is 0 Å². The Hall–Kier alpha value is -1.80. The first kappa shape index (κ1) is 14.6. The normalized spacial score (nSPS) is 10.6. The summed E-state index contributed by atoms with van der Waals surface area (Å²) in [5, 5.41) is 3.19. The molecule has 1 N–H and O–H groups in total. The third-order valence-electron chi connectivity index (χ3n) is 3.49. The number of likely N-dealkylation sites (N-methyl/N-ethyl adjacent to an activating group) is 1. The largest absolute Gasteiger partial charge is 0.489 e. The smallest absolute Gasteiger partial charge is 0.122 e. The highest BCUT2D eigenvalue weighted by Crippen LogP contribution is 2.21. The summed E-state index contributed by atoms with van der Waals surface area (Å²) in [6.45, 7) is 5.79. The van der Waals surface area contributed by atoms with Gasteiger partial charge in [-0.15, -0.1) is 0 Å². The Morgan fingerprint density at radius 2 is 1.75 bits per heavy atom. The van der Waals surface area contributed by atoms with Crippen molar-refractivity contribution < 1.29 is 4.74 Å². The molecule has 0 spiro atoms. The first-order valence-electron chi connectivity index (χ1n) is 7.12. The maximum Gasteiger partial charge on any atom is 0.122 e. The van der Waals surface area contributed by atoms with E-state index < -0.39 is 0 Å². The molecule has 0 radical (unpaired) electrons. The molecule has 0 unspecified atom stereocenters. The maximum absolute atomic E-state index is 6.00. The van der Waals surface area contributed by atoms with Crippen LogP contribution in [-0.2, 0) is 13.0 Å². The molecule has 0 aliphatic rings. The number of aryl methyl sites for hydroxylation is 2. The topological polar surface area (TPSA) is 21.3 Å². The number of rotatable bonds is 6. The third-order valence-corrected chi connectivity index (χ3v) is 3.49. The Bertz CT molecular complexity index is 563. The molecule has 2 aromatic rings. The lowest BCUT2D eigenvalue weighted by atomic mass is 10.1. The van der Waals surface area contributed by atoms with E-state index >= 15 is 0 Å². The first-order chi connectivity index (χ1) is 9.70. The van der Waals surface area contributed by atoms with Crippen LogP contribution in [0.1, 0.15) is 22.3 Å². The van der Waals surface area contributed by atoms with Gasteiger partial charge >= 0.3 is 0 Å². The summed E-state index contributed by atoms with van der Waals surface area (Å²) in [5.41, 5.74) is 5.04. The number of benzene rings is 2. The standard InChI is InChI=1S/C18H23NO/c1-14-8-9-15(2)18(12-14)20-13-17-7-5-4-6-16(17)10-11-19-3/h4-9,12,19H,10-11,13H2,1-3H3. The Kier molecular flexibility index (Phi) is 5.19. The fraction of sp³-hybridized carbons (Fsp3) is 0.333. The van der Waals surface area contributed by atoms with Crippen molar-refractivity contribution >= 4 is 0 Å². The summed E-state index contributed by atoms with van der Waals surface area (Å²) in [6, 6.07) is 14.8. The van der Waals surface area contributed by atoms with Crippen LogP contribution < -0.4 is 10.1 Å². The summed E-state index contributed by atoms with van der Waals surface area (Å²) < 4.78 is 6.00. The summed E-state index contributed by atoms with van der Waals surface area (Å²) in [7, 11) is 1.98. The molecule has 0 amide bonds. The van der Waals surface area contributed by atoms with Crippen LogP contribution in [-0.4, -0.2) is 13.6 Å². The van der Waals surface area contributed by atoms with Crippen LogP contribution in [0.25, 0.3) is 0 Å². The van der Waals surface area contributed by atoms with Crippen molar-refractivity contribution in [2.75, 3.05) is 13.6 Å². The van der Waals surface area contributed by atoms with Gasteiger partial charge < -0.3 is 10.1 Å². The second kappa shape index (κ2) is 7.11. The van der Waals surface area contributed by atoms with E-state index in [9.17, 15) is 0 Å². The maximum atomic E-state index is 6.00. The van der Waals surface area contributed by atoms with E-state index in [4.69, 9.17) is 4.74 Å². The Morgan fingerprint density at radius 3 is 2.50 bits per heavy atom. The molecule has 0 aliphatic heterocycles. The lowest BCUT2D eigenvalue weighted by molar-refractivity contribution is 0.302. The number of ether oxygens (including phenoxy) is 1. The van der Waals surface area contributed by atoms with Crippen molar-refractivity contribution in [2.24, 2.45) is 0 Å². The highest BCUT2D eigenvalue weighted by atomic mass is 16.5. The number of nitrogens with one attached hydrogen (secondary N) is 1. The van der Waals surface area contributed by atoms with E-state index in [2.05, 4.69) is 61.6 Å². The quantitative estimate of drug-likeness (QED) is 0.864. The second-order valence-electron chi connectivity index (χ2n) is 5.18. The molecule has 0 fully saturated rings. The van der Waals surface area contributed by atoms with Crippen LogP contribution in [0, 0.1) is 13.8 Å². The Labute approximate surface area is 121 Å². The average Bonchev–Trinajstić information content (AvgIpc) is 2.47. The molecule has 0 aromatic heterocycles. The molecular formula is C18H23NO. The van der Waals surface area contributed by atoms with Gasteiger partial charge in [-0.3, -0.25) is 0 Å². The molecule has 0 atom stereocenters. The van der Waals surface area contributed by atoms with Gasteiger partial charge in [0.2, 0.25) is 0 Å². The number of hydrogen-bond acceptors (Lipinski definition) is 2. The summed E-state index contributed by atoms with van der Waals surface area (Å²) in [5.74, 6) is 0.980. The molecule has 0 aliphatic carbocycles. The average molecular weight is 269 g/mol. The minimum absolute atomic E-state index is 0.629. The van der Waals surface area contributed by atoms with Crippen LogP contribution in [0.5, 0.6) is 5.75 Å². The van der Waals surface area contributed by atoms with Crippen molar-refractivity contribution in [3.8, 4) is 5.75 Å². The lowest BCUT2D eigenvalue weighted by Gasteiger charge is -2.13. The fourth-order valence-electron chi connectivity index (χ4n) is 2.22. The van der Waals surface area contributed by atoms with Crippen molar-refractivity contribution in [3.05, 3.63) is 64.7 Å². The van der Waals surface area contributed by atoms with E-state index in [0.717, 1.165) is 18.7 Å². The van der Waals surface area contributed by atoms with Crippen LogP contribution in [0.15, 0.2) is 42.5 Å². The first-order valence-corrected chi connectivity index (χ1v) is 7.12. The molecule has 2 rings (SSSR count). The van der Waals surface area contributed by atoms with Gasteiger partial charge in [0.15, 0.2) is 0 Å². The van der Waals surface area contributed by atoms with Gasteiger partial charge in [0.05, 0.1) is 0 Å². The molecule has 106 valence electrons. The van der Waals surface area contributed by atoms with Gasteiger partial charge in [-0.25, -0.2) is 0 Å². The predicted molar refractivity (Wildman–Crippen MR) is 84.3 cm³/mol. The Morgan fingerprint density at radius 1 is 1.00 bits per heavy atom. The minimum atomic E-state index is 0.629. The molecule has 2 heteroatoms.